The second-order valence-electron chi connectivity index (χ2n) is 7.15. The first-order valence-electron chi connectivity index (χ1n) is 10.3. The number of carbonyl (C=O) groups is 1. The second-order valence-corrected chi connectivity index (χ2v) is 8.78. The van der Waals surface area contributed by atoms with Gasteiger partial charge in [0.05, 0.1) is 18.8 Å². The van der Waals surface area contributed by atoms with Crippen LogP contribution in [0.2, 0.25) is 0 Å². The molecule has 0 fully saturated rings. The smallest absolute Gasteiger partial charge is 0.341 e. The molecule has 0 spiro atoms. The number of thiocarbonyl (C=S) groups is 1. The molecule has 1 aromatic carbocycles. The maximum atomic E-state index is 12.8. The highest BCUT2D eigenvalue weighted by molar-refractivity contribution is 7.80. The third kappa shape index (κ3) is 4.97. The fourth-order valence-corrected chi connectivity index (χ4v) is 5.01. The van der Waals surface area contributed by atoms with E-state index in [1.54, 1.807) is 6.92 Å². The highest BCUT2D eigenvalue weighted by Crippen LogP contribution is 2.40. The summed E-state index contributed by atoms with van der Waals surface area (Å²) in [4.78, 5) is 13.9. The summed E-state index contributed by atoms with van der Waals surface area (Å²) in [5, 5.41) is 12.1. The van der Waals surface area contributed by atoms with E-state index < -0.39 is 0 Å². The van der Waals surface area contributed by atoms with Gasteiger partial charge in [-0.2, -0.15) is 5.10 Å². The van der Waals surface area contributed by atoms with Crippen LogP contribution in [0.3, 0.4) is 0 Å². The number of thiophene rings is 1. The van der Waals surface area contributed by atoms with E-state index in [2.05, 4.69) is 22.7 Å². The molecule has 2 N–H and O–H groups in total. The fourth-order valence-electron chi connectivity index (χ4n) is 3.60. The molecular weight excluding hydrogens is 428 g/mol. The Morgan fingerprint density at radius 3 is 2.58 bits per heavy atom. The minimum atomic E-state index is -0.357. The molecule has 2 aromatic heterocycles. The topological polar surface area (TPSA) is 68.2 Å². The first-order valence-corrected chi connectivity index (χ1v) is 11.6. The van der Waals surface area contributed by atoms with Gasteiger partial charge in [0.1, 0.15) is 10.6 Å². The molecule has 164 valence electrons. The SMILES string of the molecule is CCOC(=O)c1c(NC(=S)NC(C)c2cnn(CC)c2C)sc(C)c1-c1ccccc1. The molecule has 1 atom stereocenters. The molecule has 0 aliphatic rings. The van der Waals surface area contributed by atoms with Crippen molar-refractivity contribution in [1.29, 1.82) is 0 Å². The number of carbonyl (C=O) groups excluding carboxylic acids is 1. The Bertz CT molecular complexity index is 1070. The largest absolute Gasteiger partial charge is 0.462 e. The summed E-state index contributed by atoms with van der Waals surface area (Å²) in [6.07, 6.45) is 1.87. The number of rotatable bonds is 7. The summed E-state index contributed by atoms with van der Waals surface area (Å²) in [6.45, 7) is 11.1. The number of aryl methyl sites for hydroxylation is 2. The van der Waals surface area contributed by atoms with Crippen molar-refractivity contribution in [2.45, 2.75) is 47.2 Å². The summed E-state index contributed by atoms with van der Waals surface area (Å²) in [6, 6.07) is 9.84. The van der Waals surface area contributed by atoms with E-state index in [1.807, 2.05) is 62.0 Å². The zero-order valence-electron chi connectivity index (χ0n) is 18.5. The predicted octanol–water partition coefficient (Wildman–Crippen LogP) is 5.47. The lowest BCUT2D eigenvalue weighted by molar-refractivity contribution is 0.0529. The number of nitrogens with zero attached hydrogens (tertiary/aromatic N) is 2. The quantitative estimate of drug-likeness (QED) is 0.363. The normalized spacial score (nSPS) is 11.8. The van der Waals surface area contributed by atoms with Gasteiger partial charge in [0.2, 0.25) is 0 Å². The van der Waals surface area contributed by atoms with Crippen molar-refractivity contribution in [3.8, 4) is 11.1 Å². The van der Waals surface area contributed by atoms with Crippen LogP contribution in [-0.2, 0) is 11.3 Å². The Labute approximate surface area is 192 Å². The van der Waals surface area contributed by atoms with Crippen molar-refractivity contribution in [2.75, 3.05) is 11.9 Å². The van der Waals surface area contributed by atoms with Crippen molar-refractivity contribution in [1.82, 2.24) is 15.1 Å². The Morgan fingerprint density at radius 2 is 1.97 bits per heavy atom. The molecule has 0 saturated carbocycles. The van der Waals surface area contributed by atoms with Gasteiger partial charge in [-0.3, -0.25) is 4.68 Å². The monoisotopic (exact) mass is 456 g/mol. The zero-order chi connectivity index (χ0) is 22.5. The number of hydrogen-bond donors (Lipinski definition) is 2. The van der Waals surface area contributed by atoms with Crippen molar-refractivity contribution >= 4 is 39.6 Å². The maximum Gasteiger partial charge on any atom is 0.341 e. The summed E-state index contributed by atoms with van der Waals surface area (Å²) >= 11 is 7.07. The van der Waals surface area contributed by atoms with E-state index in [9.17, 15) is 4.79 Å². The highest BCUT2D eigenvalue weighted by Gasteiger charge is 2.25. The summed E-state index contributed by atoms with van der Waals surface area (Å²) < 4.78 is 7.32. The van der Waals surface area contributed by atoms with Crippen LogP contribution < -0.4 is 10.6 Å². The van der Waals surface area contributed by atoms with Crippen molar-refractivity contribution in [3.63, 3.8) is 0 Å². The second kappa shape index (κ2) is 10.1. The number of anilines is 1. The predicted molar refractivity (Wildman–Crippen MR) is 131 cm³/mol. The molecule has 0 bridgehead atoms. The molecule has 1 unspecified atom stereocenters. The van der Waals surface area contributed by atoms with Crippen LogP contribution in [0.25, 0.3) is 11.1 Å². The van der Waals surface area contributed by atoms with Gasteiger partial charge in [0, 0.05) is 28.2 Å². The van der Waals surface area contributed by atoms with Gasteiger partial charge in [-0.25, -0.2) is 4.79 Å². The first kappa shape index (κ1) is 23.0. The minimum Gasteiger partial charge on any atom is -0.462 e. The Balaban J connectivity index is 1.87. The standard InChI is InChI=1S/C23H28N4O2S2/c1-6-27-15(4)18(13-24-27)14(3)25-23(30)26-21-20(22(28)29-7-2)19(16(5)31-21)17-11-9-8-10-12-17/h8-14H,6-7H2,1-5H3,(H2,25,26,30). The number of nitrogens with one attached hydrogen (secondary N) is 2. The van der Waals surface area contributed by atoms with E-state index in [0.29, 0.717) is 22.3 Å². The first-order chi connectivity index (χ1) is 14.9. The molecule has 0 aliphatic heterocycles. The summed E-state index contributed by atoms with van der Waals surface area (Å²) in [5.74, 6) is -0.357. The molecule has 31 heavy (non-hydrogen) atoms. The third-order valence-corrected chi connectivity index (χ3v) is 6.35. The molecule has 8 heteroatoms. The van der Waals surface area contributed by atoms with E-state index in [1.165, 1.54) is 11.3 Å². The van der Waals surface area contributed by atoms with Gasteiger partial charge < -0.3 is 15.4 Å². The van der Waals surface area contributed by atoms with Gasteiger partial charge >= 0.3 is 5.97 Å². The van der Waals surface area contributed by atoms with Crippen LogP contribution in [0.15, 0.2) is 36.5 Å². The number of aromatic nitrogens is 2. The third-order valence-electron chi connectivity index (χ3n) is 5.11. The molecule has 0 radical (unpaired) electrons. The van der Waals surface area contributed by atoms with Crippen LogP contribution >= 0.6 is 23.6 Å². The molecule has 0 saturated heterocycles. The average Bonchev–Trinajstić information content (AvgIpc) is 3.27. The van der Waals surface area contributed by atoms with Crippen LogP contribution in [0.4, 0.5) is 5.00 Å². The number of hydrogen-bond acceptors (Lipinski definition) is 5. The Kier molecular flexibility index (Phi) is 7.46. The van der Waals surface area contributed by atoms with Crippen LogP contribution in [0.5, 0.6) is 0 Å². The Morgan fingerprint density at radius 1 is 1.26 bits per heavy atom. The van der Waals surface area contributed by atoms with Gasteiger partial charge in [0.15, 0.2) is 5.11 Å². The minimum absolute atomic E-state index is 0.0269. The molecular formula is C23H28N4O2S2. The fraction of sp³-hybridized carbons (Fsp3) is 0.348. The number of esters is 1. The van der Waals surface area contributed by atoms with Crippen LogP contribution in [0, 0.1) is 13.8 Å². The summed E-state index contributed by atoms with van der Waals surface area (Å²) in [7, 11) is 0. The van der Waals surface area contributed by atoms with E-state index in [-0.39, 0.29) is 12.0 Å². The van der Waals surface area contributed by atoms with Gasteiger partial charge in [0.25, 0.3) is 0 Å². The lowest BCUT2D eigenvalue weighted by atomic mass is 10.0. The lowest BCUT2D eigenvalue weighted by Crippen LogP contribution is -2.31. The molecule has 3 rings (SSSR count). The average molecular weight is 457 g/mol. The molecule has 3 aromatic rings. The van der Waals surface area contributed by atoms with E-state index in [0.717, 1.165) is 33.8 Å². The van der Waals surface area contributed by atoms with Gasteiger partial charge in [-0.1, -0.05) is 30.3 Å². The van der Waals surface area contributed by atoms with Gasteiger partial charge in [-0.15, -0.1) is 11.3 Å². The maximum absolute atomic E-state index is 12.8. The van der Waals surface area contributed by atoms with Crippen LogP contribution in [0.1, 0.15) is 53.3 Å². The van der Waals surface area contributed by atoms with E-state index >= 15 is 0 Å². The number of ether oxygens (including phenoxy) is 1. The van der Waals surface area contributed by atoms with Gasteiger partial charge in [-0.05, 0) is 52.4 Å². The molecule has 6 nitrogen and oxygen atoms in total. The zero-order valence-corrected chi connectivity index (χ0v) is 20.1. The molecule has 0 amide bonds. The Hall–Kier alpha value is -2.71. The van der Waals surface area contributed by atoms with E-state index in [4.69, 9.17) is 17.0 Å². The van der Waals surface area contributed by atoms with Crippen molar-refractivity contribution < 1.29 is 9.53 Å². The molecule has 0 aliphatic carbocycles. The van der Waals surface area contributed by atoms with Crippen molar-refractivity contribution in [3.05, 3.63) is 58.2 Å². The lowest BCUT2D eigenvalue weighted by Gasteiger charge is -2.17. The van der Waals surface area contributed by atoms with Crippen LogP contribution in [-0.4, -0.2) is 27.5 Å². The number of benzene rings is 1. The molecule has 2 heterocycles. The van der Waals surface area contributed by atoms with Crippen molar-refractivity contribution in [2.24, 2.45) is 0 Å². The summed E-state index contributed by atoms with van der Waals surface area (Å²) in [5.41, 5.74) is 4.56. The highest BCUT2D eigenvalue weighted by atomic mass is 32.1.